The van der Waals surface area contributed by atoms with Gasteiger partial charge < -0.3 is 0 Å². The molecule has 3 rings (SSSR count). The van der Waals surface area contributed by atoms with Crippen LogP contribution in [0.5, 0.6) is 0 Å². The molecule has 2 aromatic rings. The van der Waals surface area contributed by atoms with Gasteiger partial charge in [-0.25, -0.2) is 0 Å². The van der Waals surface area contributed by atoms with Gasteiger partial charge in [0.05, 0.1) is 0 Å². The Morgan fingerprint density at radius 3 is 1.44 bits per heavy atom. The van der Waals surface area contributed by atoms with Gasteiger partial charge in [0.2, 0.25) is 0 Å². The Morgan fingerprint density at radius 2 is 1.06 bits per heavy atom. The lowest BCUT2D eigenvalue weighted by Crippen LogP contribution is -2.31. The standard InChI is InChI=1S/C14H6B2O2/c15-11-5-9-10(6-12(11)16)14(18)8-4-2-1-3-7(8)13(9)17/h1-6H. The molecule has 0 amide bonds. The number of hydrogen-bond acceptors (Lipinski definition) is 2. The maximum atomic E-state index is 12.3. The van der Waals surface area contributed by atoms with Crippen molar-refractivity contribution >= 4 is 38.2 Å². The second kappa shape index (κ2) is 3.70. The zero-order valence-corrected chi connectivity index (χ0v) is 9.44. The summed E-state index contributed by atoms with van der Waals surface area (Å²) < 4.78 is 0. The van der Waals surface area contributed by atoms with Crippen LogP contribution in [-0.4, -0.2) is 27.3 Å². The van der Waals surface area contributed by atoms with Gasteiger partial charge >= 0.3 is 0 Å². The van der Waals surface area contributed by atoms with Crippen molar-refractivity contribution in [1.82, 2.24) is 0 Å². The third-order valence-electron chi connectivity index (χ3n) is 3.13. The molecule has 0 bridgehead atoms. The summed E-state index contributed by atoms with van der Waals surface area (Å²) in [5.74, 6) is -0.376. The van der Waals surface area contributed by atoms with E-state index >= 15 is 0 Å². The molecule has 1 aliphatic rings. The normalized spacial score (nSPS) is 13.1. The second-order valence-electron chi connectivity index (χ2n) is 4.23. The smallest absolute Gasteiger partial charge is 0.194 e. The van der Waals surface area contributed by atoms with E-state index < -0.39 is 0 Å². The van der Waals surface area contributed by atoms with Crippen molar-refractivity contribution < 1.29 is 9.59 Å². The maximum Gasteiger partial charge on any atom is 0.194 e. The molecule has 0 atom stereocenters. The van der Waals surface area contributed by atoms with E-state index in [1.165, 1.54) is 12.1 Å². The van der Waals surface area contributed by atoms with Crippen LogP contribution in [0.3, 0.4) is 0 Å². The van der Waals surface area contributed by atoms with Gasteiger partial charge in [0.15, 0.2) is 11.6 Å². The minimum absolute atomic E-state index is 0.188. The highest BCUT2D eigenvalue weighted by atomic mass is 16.1. The molecule has 0 N–H and O–H groups in total. The summed E-state index contributed by atoms with van der Waals surface area (Å²) in [7, 11) is 11.4. The molecule has 18 heavy (non-hydrogen) atoms. The SMILES string of the molecule is [B]c1cc2c(cc1[B])C(=O)c1ccccc1C2=O. The van der Waals surface area contributed by atoms with Gasteiger partial charge in [0, 0.05) is 22.3 Å². The summed E-state index contributed by atoms with van der Waals surface area (Å²) in [6.07, 6.45) is 0. The quantitative estimate of drug-likeness (QED) is 0.509. The topological polar surface area (TPSA) is 34.1 Å². The maximum absolute atomic E-state index is 12.3. The molecule has 0 aliphatic heterocycles. The van der Waals surface area contributed by atoms with Gasteiger partial charge in [-0.1, -0.05) is 36.4 Å². The van der Waals surface area contributed by atoms with E-state index in [-0.39, 0.29) is 11.6 Å². The molecule has 0 aromatic heterocycles. The molecule has 1 aliphatic carbocycles. The zero-order valence-electron chi connectivity index (χ0n) is 9.44. The number of hydrogen-bond donors (Lipinski definition) is 0. The van der Waals surface area contributed by atoms with Crippen LogP contribution >= 0.6 is 0 Å². The molecule has 0 saturated carbocycles. The second-order valence-corrected chi connectivity index (χ2v) is 4.23. The fourth-order valence-corrected chi connectivity index (χ4v) is 2.18. The lowest BCUT2D eigenvalue weighted by molar-refractivity contribution is 0.0979. The molecular formula is C14H6B2O2. The van der Waals surface area contributed by atoms with E-state index in [0.717, 1.165) is 0 Å². The highest BCUT2D eigenvalue weighted by molar-refractivity contribution is 6.49. The lowest BCUT2D eigenvalue weighted by Gasteiger charge is -2.18. The summed E-state index contributed by atoms with van der Waals surface area (Å²) in [6.45, 7) is 0. The zero-order chi connectivity index (χ0) is 12.9. The van der Waals surface area contributed by atoms with Gasteiger partial charge in [-0.2, -0.15) is 0 Å². The van der Waals surface area contributed by atoms with Crippen LogP contribution < -0.4 is 10.9 Å². The Kier molecular flexibility index (Phi) is 2.27. The third kappa shape index (κ3) is 1.39. The molecule has 4 heteroatoms. The number of rotatable bonds is 0. The summed E-state index contributed by atoms with van der Waals surface area (Å²) in [5, 5.41) is 0. The minimum Gasteiger partial charge on any atom is -0.289 e. The van der Waals surface area contributed by atoms with Gasteiger partial charge in [-0.15, -0.1) is 10.9 Å². The third-order valence-corrected chi connectivity index (χ3v) is 3.13. The first-order valence-electron chi connectivity index (χ1n) is 5.47. The predicted molar refractivity (Wildman–Crippen MR) is 70.5 cm³/mol. The number of carbonyl (C=O) groups is 2. The number of fused-ring (bicyclic) bond motifs is 2. The largest absolute Gasteiger partial charge is 0.289 e. The molecule has 4 radical (unpaired) electrons. The van der Waals surface area contributed by atoms with Gasteiger partial charge in [-0.3, -0.25) is 9.59 Å². The van der Waals surface area contributed by atoms with E-state index in [1.807, 2.05) is 0 Å². The van der Waals surface area contributed by atoms with E-state index in [4.69, 9.17) is 15.7 Å². The molecule has 0 unspecified atom stereocenters. The number of carbonyl (C=O) groups excluding carboxylic acids is 2. The molecule has 2 aromatic carbocycles. The van der Waals surface area contributed by atoms with Crippen LogP contribution in [0.25, 0.3) is 0 Å². The minimum atomic E-state index is -0.188. The van der Waals surface area contributed by atoms with Crippen molar-refractivity contribution in [3.8, 4) is 0 Å². The van der Waals surface area contributed by atoms with Crippen molar-refractivity contribution in [3.05, 3.63) is 58.7 Å². The van der Waals surface area contributed by atoms with Gasteiger partial charge in [-0.05, 0) is 0 Å². The number of ketones is 2. The van der Waals surface area contributed by atoms with Crippen molar-refractivity contribution in [2.75, 3.05) is 0 Å². The summed E-state index contributed by atoms with van der Waals surface area (Å²) in [5.41, 5.74) is 2.11. The molecular weight excluding hydrogens is 222 g/mol. The summed E-state index contributed by atoms with van der Waals surface area (Å²) >= 11 is 0. The first-order chi connectivity index (χ1) is 8.59. The molecule has 80 valence electrons. The van der Waals surface area contributed by atoms with Crippen LogP contribution in [0.2, 0.25) is 0 Å². The monoisotopic (exact) mass is 228 g/mol. The lowest BCUT2D eigenvalue weighted by atomic mass is 9.74. The van der Waals surface area contributed by atoms with Crippen molar-refractivity contribution in [3.63, 3.8) is 0 Å². The van der Waals surface area contributed by atoms with Crippen LogP contribution in [0.1, 0.15) is 31.8 Å². The first kappa shape index (κ1) is 11.0. The Bertz CT molecular complexity index is 645. The fraction of sp³-hybridized carbons (Fsp3) is 0. The molecule has 0 spiro atoms. The van der Waals surface area contributed by atoms with Crippen molar-refractivity contribution in [2.24, 2.45) is 0 Å². The Labute approximate surface area is 107 Å². The Morgan fingerprint density at radius 1 is 0.667 bits per heavy atom. The number of benzene rings is 2. The van der Waals surface area contributed by atoms with E-state index in [9.17, 15) is 9.59 Å². The molecule has 0 saturated heterocycles. The van der Waals surface area contributed by atoms with E-state index in [0.29, 0.717) is 33.2 Å². The van der Waals surface area contributed by atoms with Gasteiger partial charge in [0.25, 0.3) is 0 Å². The summed E-state index contributed by atoms with van der Waals surface area (Å²) in [6, 6.07) is 9.70. The highest BCUT2D eigenvalue weighted by Crippen LogP contribution is 2.25. The summed E-state index contributed by atoms with van der Waals surface area (Å²) in [4.78, 5) is 24.5. The van der Waals surface area contributed by atoms with Crippen LogP contribution in [0.4, 0.5) is 0 Å². The Balaban J connectivity index is 2.34. The predicted octanol–water partition coefficient (Wildman–Crippen LogP) is 0.0496. The molecule has 2 nitrogen and oxygen atoms in total. The fourth-order valence-electron chi connectivity index (χ4n) is 2.18. The van der Waals surface area contributed by atoms with Gasteiger partial charge in [0.1, 0.15) is 15.7 Å². The van der Waals surface area contributed by atoms with Crippen LogP contribution in [0, 0.1) is 0 Å². The van der Waals surface area contributed by atoms with Crippen LogP contribution in [-0.2, 0) is 0 Å². The average molecular weight is 228 g/mol. The first-order valence-corrected chi connectivity index (χ1v) is 5.47. The van der Waals surface area contributed by atoms with E-state index in [2.05, 4.69) is 0 Å². The average Bonchev–Trinajstić information content (AvgIpc) is 2.38. The molecule has 0 heterocycles. The van der Waals surface area contributed by atoms with Crippen LogP contribution in [0.15, 0.2) is 36.4 Å². The van der Waals surface area contributed by atoms with E-state index in [1.54, 1.807) is 24.3 Å². The van der Waals surface area contributed by atoms with Crippen molar-refractivity contribution in [1.29, 1.82) is 0 Å². The Hall–Kier alpha value is -2.09. The molecule has 0 fully saturated rings. The highest BCUT2D eigenvalue weighted by Gasteiger charge is 2.29. The van der Waals surface area contributed by atoms with Crippen molar-refractivity contribution in [2.45, 2.75) is 0 Å².